The lowest BCUT2D eigenvalue weighted by atomic mass is 10.0. The van der Waals surface area contributed by atoms with Gasteiger partial charge in [-0.2, -0.15) is 0 Å². The van der Waals surface area contributed by atoms with Gasteiger partial charge in [-0.05, 0) is 19.8 Å². The van der Waals surface area contributed by atoms with Crippen molar-refractivity contribution >= 4 is 5.91 Å². The molecular weight excluding hydrogens is 114 g/mol. The zero-order chi connectivity index (χ0) is 6.85. The van der Waals surface area contributed by atoms with Gasteiger partial charge >= 0.3 is 0 Å². The van der Waals surface area contributed by atoms with Gasteiger partial charge in [0.1, 0.15) is 0 Å². The summed E-state index contributed by atoms with van der Waals surface area (Å²) in [4.78, 5) is 12.6. The van der Waals surface area contributed by atoms with Gasteiger partial charge < -0.3 is 4.90 Å². The van der Waals surface area contributed by atoms with Crippen LogP contribution in [0.2, 0.25) is 0 Å². The summed E-state index contributed by atoms with van der Waals surface area (Å²) in [7, 11) is 1.82. The van der Waals surface area contributed by atoms with Crippen LogP contribution in [-0.2, 0) is 4.79 Å². The van der Waals surface area contributed by atoms with Crippen molar-refractivity contribution in [3.05, 3.63) is 6.92 Å². The Bertz CT molecular complexity index is 122. The number of likely N-dealkylation sites (tertiary alicyclic amines) is 1. The van der Waals surface area contributed by atoms with Crippen LogP contribution in [0.15, 0.2) is 0 Å². The lowest BCUT2D eigenvalue weighted by Crippen LogP contribution is -2.38. The highest BCUT2D eigenvalue weighted by molar-refractivity contribution is 5.77. The van der Waals surface area contributed by atoms with Crippen LogP contribution in [0, 0.1) is 6.92 Å². The smallest absolute Gasteiger partial charge is 0.222 e. The van der Waals surface area contributed by atoms with E-state index in [2.05, 4.69) is 6.92 Å². The molecule has 1 saturated heterocycles. The number of rotatable bonds is 0. The molecule has 1 amide bonds. The van der Waals surface area contributed by atoms with Crippen LogP contribution in [-0.4, -0.2) is 23.9 Å². The van der Waals surface area contributed by atoms with Crippen LogP contribution in [0.1, 0.15) is 19.3 Å². The first-order valence-corrected chi connectivity index (χ1v) is 3.30. The lowest BCUT2D eigenvalue weighted by molar-refractivity contribution is -0.133. The summed E-state index contributed by atoms with van der Waals surface area (Å²) in [5, 5.41) is 0. The van der Waals surface area contributed by atoms with Crippen molar-refractivity contribution in [1.82, 2.24) is 4.90 Å². The first-order chi connectivity index (χ1) is 4.22. The van der Waals surface area contributed by atoms with Gasteiger partial charge in [0.15, 0.2) is 0 Å². The Morgan fingerprint density at radius 2 is 2.44 bits per heavy atom. The van der Waals surface area contributed by atoms with Gasteiger partial charge in [0.25, 0.3) is 0 Å². The molecule has 9 heavy (non-hydrogen) atoms. The van der Waals surface area contributed by atoms with Crippen molar-refractivity contribution in [2.24, 2.45) is 0 Å². The predicted molar refractivity (Wildman–Crippen MR) is 35.8 cm³/mol. The van der Waals surface area contributed by atoms with E-state index >= 15 is 0 Å². The van der Waals surface area contributed by atoms with Crippen molar-refractivity contribution in [2.45, 2.75) is 25.3 Å². The quantitative estimate of drug-likeness (QED) is 0.471. The Balaban J connectivity index is 2.51. The van der Waals surface area contributed by atoms with Crippen molar-refractivity contribution < 1.29 is 4.79 Å². The number of hydrogen-bond donors (Lipinski definition) is 0. The highest BCUT2D eigenvalue weighted by atomic mass is 16.2. The van der Waals surface area contributed by atoms with E-state index in [1.165, 1.54) is 0 Å². The molecule has 0 spiro atoms. The lowest BCUT2D eigenvalue weighted by Gasteiger charge is -2.29. The molecule has 1 heterocycles. The van der Waals surface area contributed by atoms with Crippen LogP contribution in [0.25, 0.3) is 0 Å². The van der Waals surface area contributed by atoms with E-state index in [9.17, 15) is 4.79 Å². The highest BCUT2D eigenvalue weighted by Gasteiger charge is 2.19. The molecule has 0 bridgehead atoms. The SMILES string of the molecule is [CH2]C1CCCC(=O)N1C. The molecule has 2 nitrogen and oxygen atoms in total. The van der Waals surface area contributed by atoms with Crippen molar-refractivity contribution in [2.75, 3.05) is 7.05 Å². The van der Waals surface area contributed by atoms with Gasteiger partial charge in [0.2, 0.25) is 5.91 Å². The number of carbonyl (C=O) groups is 1. The van der Waals surface area contributed by atoms with E-state index in [0.29, 0.717) is 6.42 Å². The maximum atomic E-state index is 10.9. The third kappa shape index (κ3) is 1.23. The molecule has 0 aromatic carbocycles. The zero-order valence-electron chi connectivity index (χ0n) is 5.76. The van der Waals surface area contributed by atoms with Gasteiger partial charge in [-0.3, -0.25) is 4.79 Å². The number of amides is 1. The molecule has 0 aromatic rings. The summed E-state index contributed by atoms with van der Waals surface area (Å²) in [5.74, 6) is 0.237. The van der Waals surface area contributed by atoms with Gasteiger partial charge in [0, 0.05) is 19.5 Å². The average molecular weight is 126 g/mol. The standard InChI is InChI=1S/C7H12NO/c1-6-4-3-5-7(9)8(6)2/h6H,1,3-5H2,2H3. The van der Waals surface area contributed by atoms with Crippen molar-refractivity contribution in [3.8, 4) is 0 Å². The van der Waals surface area contributed by atoms with E-state index in [1.807, 2.05) is 7.05 Å². The Morgan fingerprint density at radius 1 is 1.78 bits per heavy atom. The molecular formula is C7H12NO. The zero-order valence-corrected chi connectivity index (χ0v) is 5.76. The monoisotopic (exact) mass is 126 g/mol. The molecule has 0 aromatic heterocycles. The molecule has 1 atom stereocenters. The third-order valence-corrected chi connectivity index (χ3v) is 1.87. The number of carbonyl (C=O) groups excluding carboxylic acids is 1. The molecule has 1 radical (unpaired) electrons. The summed E-state index contributed by atoms with van der Waals surface area (Å²) in [6.07, 6.45) is 2.78. The fraction of sp³-hybridized carbons (Fsp3) is 0.714. The molecule has 51 valence electrons. The average Bonchev–Trinajstić information content (AvgIpc) is 1.83. The second-order valence-electron chi connectivity index (χ2n) is 2.55. The second kappa shape index (κ2) is 2.38. The Hall–Kier alpha value is -0.530. The summed E-state index contributed by atoms with van der Waals surface area (Å²) >= 11 is 0. The van der Waals surface area contributed by atoms with E-state index < -0.39 is 0 Å². The fourth-order valence-electron chi connectivity index (χ4n) is 1.06. The minimum atomic E-state index is 0.214. The van der Waals surface area contributed by atoms with Gasteiger partial charge in [-0.1, -0.05) is 0 Å². The largest absolute Gasteiger partial charge is 0.343 e. The summed E-state index contributed by atoms with van der Waals surface area (Å²) in [6.45, 7) is 3.83. The molecule has 0 saturated carbocycles. The van der Waals surface area contributed by atoms with Gasteiger partial charge in [-0.15, -0.1) is 0 Å². The van der Waals surface area contributed by atoms with E-state index in [0.717, 1.165) is 12.8 Å². The van der Waals surface area contributed by atoms with E-state index in [1.54, 1.807) is 4.90 Å². The number of nitrogens with zero attached hydrogens (tertiary/aromatic N) is 1. The van der Waals surface area contributed by atoms with E-state index in [-0.39, 0.29) is 11.9 Å². The third-order valence-electron chi connectivity index (χ3n) is 1.87. The van der Waals surface area contributed by atoms with E-state index in [4.69, 9.17) is 0 Å². The topological polar surface area (TPSA) is 20.3 Å². The highest BCUT2D eigenvalue weighted by Crippen LogP contribution is 2.14. The fourth-order valence-corrected chi connectivity index (χ4v) is 1.06. The molecule has 1 fully saturated rings. The Labute approximate surface area is 55.8 Å². The summed E-state index contributed by atoms with van der Waals surface area (Å²) in [5.41, 5.74) is 0. The predicted octanol–water partition coefficient (Wildman–Crippen LogP) is 0.831. The number of piperidine rings is 1. The van der Waals surface area contributed by atoms with Crippen LogP contribution in [0.5, 0.6) is 0 Å². The van der Waals surface area contributed by atoms with Crippen molar-refractivity contribution in [3.63, 3.8) is 0 Å². The molecule has 0 N–H and O–H groups in total. The van der Waals surface area contributed by atoms with Crippen molar-refractivity contribution in [1.29, 1.82) is 0 Å². The Kier molecular flexibility index (Phi) is 1.74. The molecule has 0 aliphatic carbocycles. The minimum absolute atomic E-state index is 0.214. The maximum Gasteiger partial charge on any atom is 0.222 e. The van der Waals surface area contributed by atoms with Crippen LogP contribution < -0.4 is 0 Å². The second-order valence-corrected chi connectivity index (χ2v) is 2.55. The summed E-state index contributed by atoms with van der Waals surface area (Å²) in [6, 6.07) is 0.214. The van der Waals surface area contributed by atoms with Crippen LogP contribution >= 0.6 is 0 Å². The first-order valence-electron chi connectivity index (χ1n) is 3.30. The summed E-state index contributed by atoms with van der Waals surface area (Å²) < 4.78 is 0. The van der Waals surface area contributed by atoms with Gasteiger partial charge in [0.05, 0.1) is 0 Å². The van der Waals surface area contributed by atoms with Gasteiger partial charge in [-0.25, -0.2) is 0 Å². The Morgan fingerprint density at radius 3 is 2.89 bits per heavy atom. The minimum Gasteiger partial charge on any atom is -0.343 e. The normalized spacial score (nSPS) is 28.9. The van der Waals surface area contributed by atoms with Crippen LogP contribution in [0.4, 0.5) is 0 Å². The molecule has 2 heteroatoms. The molecule has 1 unspecified atom stereocenters. The number of hydrogen-bond acceptors (Lipinski definition) is 1. The molecule has 1 aliphatic rings. The first kappa shape index (κ1) is 6.59. The van der Waals surface area contributed by atoms with Crippen LogP contribution in [0.3, 0.4) is 0 Å². The molecule has 1 rings (SSSR count). The molecule has 1 aliphatic heterocycles. The maximum absolute atomic E-state index is 10.9.